The summed E-state index contributed by atoms with van der Waals surface area (Å²) in [4.78, 5) is 22.8. The van der Waals surface area contributed by atoms with Crippen molar-refractivity contribution >= 4 is 23.4 Å². The quantitative estimate of drug-likeness (QED) is 0.607. The molecule has 1 aromatic carbocycles. The molecule has 0 saturated heterocycles. The summed E-state index contributed by atoms with van der Waals surface area (Å²) in [5, 5.41) is 14.1. The van der Waals surface area contributed by atoms with Gasteiger partial charge in [-0.15, -0.1) is 0 Å². The van der Waals surface area contributed by atoms with E-state index in [-0.39, 0.29) is 0 Å². The Kier molecular flexibility index (Phi) is 3.10. The van der Waals surface area contributed by atoms with E-state index in [1.54, 1.807) is 24.3 Å². The second-order valence-electron chi connectivity index (χ2n) is 4.41. The third kappa shape index (κ3) is 2.22. The minimum Gasteiger partial charge on any atom is -0.480 e. The molecule has 0 unspecified atom stereocenters. The smallest absolute Gasteiger partial charge is 0.329 e. The highest BCUT2D eigenvalue weighted by atomic mass is 16.4. The van der Waals surface area contributed by atoms with E-state index in [0.29, 0.717) is 24.2 Å². The third-order valence-electron chi connectivity index (χ3n) is 3.18. The number of rotatable bonds is 3. The fourth-order valence-corrected chi connectivity index (χ4v) is 1.90. The number of benzene rings is 1. The molecule has 18 heavy (non-hydrogen) atoms. The molecule has 5 N–H and O–H groups in total. The Labute approximate surface area is 104 Å². The van der Waals surface area contributed by atoms with Gasteiger partial charge < -0.3 is 21.5 Å². The highest BCUT2D eigenvalue weighted by Gasteiger charge is 2.45. The molecule has 6 nitrogen and oxygen atoms in total. The van der Waals surface area contributed by atoms with Crippen LogP contribution in [0.15, 0.2) is 24.3 Å². The molecule has 0 bridgehead atoms. The Balaban J connectivity index is 2.01. The van der Waals surface area contributed by atoms with Crippen molar-refractivity contribution in [3.05, 3.63) is 24.3 Å². The number of carboxylic acid groups (broad SMARTS) is 1. The molecule has 0 aliphatic heterocycles. The zero-order valence-electron chi connectivity index (χ0n) is 9.77. The van der Waals surface area contributed by atoms with Crippen LogP contribution in [0, 0.1) is 0 Å². The predicted molar refractivity (Wildman–Crippen MR) is 67.2 cm³/mol. The summed E-state index contributed by atoms with van der Waals surface area (Å²) in [7, 11) is 0. The molecule has 96 valence electrons. The first-order valence-electron chi connectivity index (χ1n) is 5.70. The largest absolute Gasteiger partial charge is 0.480 e. The van der Waals surface area contributed by atoms with Crippen LogP contribution in [0.1, 0.15) is 19.3 Å². The van der Waals surface area contributed by atoms with Crippen LogP contribution in [0.5, 0.6) is 0 Å². The molecule has 0 radical (unpaired) electrons. The number of para-hydroxylation sites is 2. The van der Waals surface area contributed by atoms with Crippen LogP contribution in [0.2, 0.25) is 0 Å². The predicted octanol–water partition coefficient (Wildman–Crippen LogP) is 1.40. The SMILES string of the molecule is Nc1ccccc1NC(=O)NC1(C(=O)O)CCC1. The highest BCUT2D eigenvalue weighted by Crippen LogP contribution is 2.32. The molecule has 1 aliphatic carbocycles. The van der Waals surface area contributed by atoms with E-state index in [0.717, 1.165) is 6.42 Å². The van der Waals surface area contributed by atoms with E-state index in [1.165, 1.54) is 0 Å². The lowest BCUT2D eigenvalue weighted by molar-refractivity contribution is -0.148. The van der Waals surface area contributed by atoms with Crippen molar-refractivity contribution in [2.75, 3.05) is 11.1 Å². The summed E-state index contributed by atoms with van der Waals surface area (Å²) in [6.07, 6.45) is 1.72. The molecule has 1 aliphatic rings. The van der Waals surface area contributed by atoms with Crippen molar-refractivity contribution in [3.8, 4) is 0 Å². The molecule has 0 aromatic heterocycles. The van der Waals surface area contributed by atoms with Crippen molar-refractivity contribution in [1.82, 2.24) is 5.32 Å². The Morgan fingerprint density at radius 1 is 1.28 bits per heavy atom. The maximum atomic E-state index is 11.7. The van der Waals surface area contributed by atoms with Gasteiger partial charge in [-0.3, -0.25) is 0 Å². The summed E-state index contributed by atoms with van der Waals surface area (Å²) in [6, 6.07) is 6.26. The number of amides is 2. The first kappa shape index (κ1) is 12.2. The molecule has 1 saturated carbocycles. The normalized spacial score (nSPS) is 16.4. The van der Waals surface area contributed by atoms with E-state index in [1.807, 2.05) is 0 Å². The fourth-order valence-electron chi connectivity index (χ4n) is 1.90. The summed E-state index contributed by atoms with van der Waals surface area (Å²) >= 11 is 0. The van der Waals surface area contributed by atoms with E-state index < -0.39 is 17.5 Å². The monoisotopic (exact) mass is 249 g/mol. The van der Waals surface area contributed by atoms with Crippen molar-refractivity contribution in [2.45, 2.75) is 24.8 Å². The second-order valence-corrected chi connectivity index (χ2v) is 4.41. The number of aliphatic carboxylic acids is 1. The lowest BCUT2D eigenvalue weighted by atomic mass is 9.77. The van der Waals surface area contributed by atoms with Gasteiger partial charge >= 0.3 is 12.0 Å². The van der Waals surface area contributed by atoms with E-state index in [2.05, 4.69) is 10.6 Å². The van der Waals surface area contributed by atoms with Gasteiger partial charge in [0.05, 0.1) is 11.4 Å². The Bertz CT molecular complexity index is 483. The molecule has 1 fully saturated rings. The van der Waals surface area contributed by atoms with Gasteiger partial charge in [0.15, 0.2) is 0 Å². The van der Waals surface area contributed by atoms with Gasteiger partial charge in [-0.2, -0.15) is 0 Å². The Morgan fingerprint density at radius 2 is 1.94 bits per heavy atom. The molecule has 0 spiro atoms. The number of hydrogen-bond donors (Lipinski definition) is 4. The molecule has 0 atom stereocenters. The van der Waals surface area contributed by atoms with E-state index in [9.17, 15) is 9.59 Å². The standard InChI is InChI=1S/C12H15N3O3/c13-8-4-1-2-5-9(8)14-11(18)15-12(10(16)17)6-3-7-12/h1-2,4-5H,3,6-7,13H2,(H,16,17)(H2,14,15,18). The number of carbonyl (C=O) groups excluding carboxylic acids is 1. The van der Waals surface area contributed by atoms with Gasteiger partial charge in [-0.1, -0.05) is 12.1 Å². The molecule has 2 rings (SSSR count). The van der Waals surface area contributed by atoms with Crippen molar-refractivity contribution < 1.29 is 14.7 Å². The average Bonchev–Trinajstić information content (AvgIpc) is 2.26. The van der Waals surface area contributed by atoms with Gasteiger partial charge in [0.25, 0.3) is 0 Å². The van der Waals surface area contributed by atoms with E-state index in [4.69, 9.17) is 10.8 Å². The average molecular weight is 249 g/mol. The second kappa shape index (κ2) is 4.56. The number of carbonyl (C=O) groups is 2. The lowest BCUT2D eigenvalue weighted by Gasteiger charge is -2.38. The van der Waals surface area contributed by atoms with Crippen molar-refractivity contribution in [2.24, 2.45) is 0 Å². The van der Waals surface area contributed by atoms with Gasteiger partial charge in [-0.25, -0.2) is 9.59 Å². The summed E-state index contributed by atoms with van der Waals surface area (Å²) in [5.41, 5.74) is 5.47. The molecule has 2 amide bonds. The van der Waals surface area contributed by atoms with Gasteiger partial charge in [0.2, 0.25) is 0 Å². The summed E-state index contributed by atoms with van der Waals surface area (Å²) in [6.45, 7) is 0. The zero-order valence-corrected chi connectivity index (χ0v) is 9.77. The first-order chi connectivity index (χ1) is 8.53. The molecule has 1 aromatic rings. The van der Waals surface area contributed by atoms with Gasteiger partial charge in [0, 0.05) is 0 Å². The molecule has 0 heterocycles. The topological polar surface area (TPSA) is 104 Å². The minimum absolute atomic E-state index is 0.436. The number of carboxylic acids is 1. The third-order valence-corrected chi connectivity index (χ3v) is 3.18. The van der Waals surface area contributed by atoms with Gasteiger partial charge in [-0.05, 0) is 31.4 Å². The number of anilines is 2. The van der Waals surface area contributed by atoms with Crippen LogP contribution in [-0.2, 0) is 4.79 Å². The van der Waals surface area contributed by atoms with Crippen LogP contribution in [-0.4, -0.2) is 22.6 Å². The fraction of sp³-hybridized carbons (Fsp3) is 0.333. The van der Waals surface area contributed by atoms with Crippen LogP contribution in [0.4, 0.5) is 16.2 Å². The number of nitrogens with two attached hydrogens (primary N) is 1. The molecular weight excluding hydrogens is 234 g/mol. The highest BCUT2D eigenvalue weighted by molar-refractivity contribution is 5.96. The zero-order chi connectivity index (χ0) is 13.2. The maximum Gasteiger partial charge on any atom is 0.329 e. The number of nitrogen functional groups attached to an aromatic ring is 1. The van der Waals surface area contributed by atoms with Crippen LogP contribution in [0.3, 0.4) is 0 Å². The van der Waals surface area contributed by atoms with Crippen molar-refractivity contribution in [3.63, 3.8) is 0 Å². The maximum absolute atomic E-state index is 11.7. The van der Waals surface area contributed by atoms with E-state index >= 15 is 0 Å². The molecular formula is C12H15N3O3. The van der Waals surface area contributed by atoms with Crippen molar-refractivity contribution in [1.29, 1.82) is 0 Å². The number of nitrogens with one attached hydrogen (secondary N) is 2. The Morgan fingerprint density at radius 3 is 2.44 bits per heavy atom. The first-order valence-corrected chi connectivity index (χ1v) is 5.70. The lowest BCUT2D eigenvalue weighted by Crippen LogP contribution is -2.60. The minimum atomic E-state index is -1.12. The summed E-state index contributed by atoms with van der Waals surface area (Å²) in [5.74, 6) is -0.995. The molecule has 6 heteroatoms. The van der Waals surface area contributed by atoms with Crippen LogP contribution in [0.25, 0.3) is 0 Å². The number of hydrogen-bond acceptors (Lipinski definition) is 3. The van der Waals surface area contributed by atoms with Crippen LogP contribution < -0.4 is 16.4 Å². The van der Waals surface area contributed by atoms with Gasteiger partial charge in [0.1, 0.15) is 5.54 Å². The Hall–Kier alpha value is -2.24. The van der Waals surface area contributed by atoms with Crippen LogP contribution >= 0.6 is 0 Å². The number of urea groups is 1. The summed E-state index contributed by atoms with van der Waals surface area (Å²) < 4.78 is 0.